The van der Waals surface area contributed by atoms with Gasteiger partial charge in [0.15, 0.2) is 0 Å². The normalized spacial score (nSPS) is 11.9. The van der Waals surface area contributed by atoms with Gasteiger partial charge in [-0.1, -0.05) is 12.1 Å². The van der Waals surface area contributed by atoms with Crippen molar-refractivity contribution in [3.8, 4) is 0 Å². The summed E-state index contributed by atoms with van der Waals surface area (Å²) in [7, 11) is -8.63. The van der Waals surface area contributed by atoms with Crippen molar-refractivity contribution in [2.24, 2.45) is 5.73 Å². The van der Waals surface area contributed by atoms with Crippen LogP contribution in [0.1, 0.15) is 0 Å². The first kappa shape index (κ1) is 25.2. The molecular weight excluding hydrogens is 510 g/mol. The molecule has 0 bridgehead atoms. The number of hydrogen-bond acceptors (Lipinski definition) is 11. The van der Waals surface area contributed by atoms with Crippen molar-refractivity contribution in [3.63, 3.8) is 0 Å². The van der Waals surface area contributed by atoms with Gasteiger partial charge >= 0.3 is 0 Å². The Hall–Kier alpha value is -3.89. The summed E-state index contributed by atoms with van der Waals surface area (Å²) in [5.41, 5.74) is 6.61. The van der Waals surface area contributed by atoms with Gasteiger partial charge in [0.1, 0.15) is 0 Å². The Kier molecular flexibility index (Phi) is 7.00. The zero-order valence-corrected chi connectivity index (χ0v) is 20.1. The Morgan fingerprint density at radius 1 is 0.667 bits per heavy atom. The van der Waals surface area contributed by atoms with Crippen LogP contribution >= 0.6 is 0 Å². The quantitative estimate of drug-likeness (QED) is 0.172. The Balaban J connectivity index is 1.61. The van der Waals surface area contributed by atoms with Crippen LogP contribution in [-0.2, 0) is 20.2 Å². The van der Waals surface area contributed by atoms with Gasteiger partial charge in [0.2, 0.25) is 17.8 Å². The third kappa shape index (κ3) is 6.21. The number of fused-ring (bicyclic) bond motifs is 1. The second kappa shape index (κ2) is 10.00. The summed E-state index contributed by atoms with van der Waals surface area (Å²) in [5, 5.41) is 10.3. The highest BCUT2D eigenvalue weighted by Crippen LogP contribution is 2.25. The molecule has 0 aliphatic heterocycles. The predicted octanol–water partition coefficient (Wildman–Crippen LogP) is 2.38. The number of anilines is 5. The number of nitrogens with zero attached hydrogens (tertiary/aromatic N) is 3. The van der Waals surface area contributed by atoms with E-state index < -0.39 is 20.2 Å². The number of aromatic nitrogens is 3. The first-order valence-corrected chi connectivity index (χ1v) is 13.2. The van der Waals surface area contributed by atoms with Gasteiger partial charge in [-0.15, -0.1) is 0 Å². The molecule has 3 aromatic carbocycles. The van der Waals surface area contributed by atoms with Crippen LogP contribution in [-0.4, -0.2) is 54.0 Å². The second-order valence-electron chi connectivity index (χ2n) is 7.47. The van der Waals surface area contributed by atoms with Crippen molar-refractivity contribution in [1.82, 2.24) is 15.0 Å². The van der Waals surface area contributed by atoms with Gasteiger partial charge in [0.25, 0.3) is 20.2 Å². The Morgan fingerprint density at radius 3 is 1.78 bits per heavy atom. The van der Waals surface area contributed by atoms with Crippen LogP contribution < -0.4 is 21.7 Å². The fourth-order valence-corrected chi connectivity index (χ4v) is 4.18. The average Bonchev–Trinajstić information content (AvgIpc) is 2.81. The number of hydrogen-bond donors (Lipinski definition) is 6. The van der Waals surface area contributed by atoms with E-state index in [9.17, 15) is 21.4 Å². The molecule has 0 saturated heterocycles. The van der Waals surface area contributed by atoms with Crippen LogP contribution in [0.5, 0.6) is 0 Å². The van der Waals surface area contributed by atoms with Crippen molar-refractivity contribution in [2.45, 2.75) is 9.79 Å². The third-order valence-corrected chi connectivity index (χ3v) is 6.55. The van der Waals surface area contributed by atoms with Crippen molar-refractivity contribution in [2.75, 3.05) is 29.0 Å². The number of rotatable bonds is 9. The summed E-state index contributed by atoms with van der Waals surface area (Å²) < 4.78 is 63.6. The molecule has 0 aliphatic carbocycles. The van der Waals surface area contributed by atoms with E-state index in [1.54, 1.807) is 24.3 Å². The maximum absolute atomic E-state index is 11.4. The highest BCUT2D eigenvalue weighted by Gasteiger charge is 2.12. The first-order valence-electron chi connectivity index (χ1n) is 10.3. The summed E-state index contributed by atoms with van der Waals surface area (Å²) in [6.07, 6.45) is 0. The summed E-state index contributed by atoms with van der Waals surface area (Å²) >= 11 is 0. The van der Waals surface area contributed by atoms with Gasteiger partial charge in [-0.2, -0.15) is 31.8 Å². The molecule has 0 aliphatic rings. The molecule has 1 heterocycles. The lowest BCUT2D eigenvalue weighted by molar-refractivity contribution is 0.481. The zero-order chi connectivity index (χ0) is 25.9. The fourth-order valence-electron chi connectivity index (χ4n) is 3.18. The van der Waals surface area contributed by atoms with E-state index in [-0.39, 0.29) is 27.6 Å². The minimum absolute atomic E-state index is 0.144. The molecule has 0 spiro atoms. The summed E-state index contributed by atoms with van der Waals surface area (Å²) in [6, 6.07) is 14.7. The molecule has 0 radical (unpaired) electrons. The van der Waals surface area contributed by atoms with Crippen LogP contribution in [0.3, 0.4) is 0 Å². The van der Waals surface area contributed by atoms with Crippen LogP contribution in [0, 0.1) is 0 Å². The fraction of sp³-hybridized carbons (Fsp3) is 0.0952. The molecule has 0 saturated carbocycles. The van der Waals surface area contributed by atoms with Crippen LogP contribution in [0.4, 0.5) is 29.2 Å². The first-order chi connectivity index (χ1) is 17.0. The predicted molar refractivity (Wildman–Crippen MR) is 134 cm³/mol. The minimum atomic E-state index is -4.32. The monoisotopic (exact) mass is 531 g/mol. The number of nitrogens with one attached hydrogen (secondary N) is 3. The maximum Gasteiger partial charge on any atom is 0.294 e. The van der Waals surface area contributed by atoms with E-state index in [1.165, 1.54) is 36.4 Å². The van der Waals surface area contributed by atoms with E-state index in [4.69, 9.17) is 10.3 Å². The molecule has 7 N–H and O–H groups in total. The lowest BCUT2D eigenvalue weighted by Crippen LogP contribution is -2.16. The zero-order valence-electron chi connectivity index (χ0n) is 18.5. The van der Waals surface area contributed by atoms with Crippen LogP contribution in [0.2, 0.25) is 0 Å². The minimum Gasteiger partial charge on any atom is -0.353 e. The van der Waals surface area contributed by atoms with Gasteiger partial charge in [0, 0.05) is 24.5 Å². The topological polar surface area (TPSA) is 210 Å². The van der Waals surface area contributed by atoms with Gasteiger partial charge in [0.05, 0.1) is 9.79 Å². The van der Waals surface area contributed by atoms with E-state index in [2.05, 4.69) is 30.9 Å². The Labute approximate surface area is 206 Å². The van der Waals surface area contributed by atoms with Gasteiger partial charge in [-0.05, 0) is 59.3 Å². The van der Waals surface area contributed by atoms with Crippen molar-refractivity contribution >= 4 is 60.2 Å². The van der Waals surface area contributed by atoms with Crippen molar-refractivity contribution in [1.29, 1.82) is 0 Å². The lowest BCUT2D eigenvalue weighted by Gasteiger charge is -2.12. The van der Waals surface area contributed by atoms with E-state index in [0.29, 0.717) is 35.2 Å². The van der Waals surface area contributed by atoms with E-state index in [1.807, 2.05) is 0 Å². The standard InChI is InChI=1S/C21H21N7O6S2/c22-9-10-23-19-26-20(24-15-4-7-17(8-5-15)35(29,30)31)28-21(27-19)25-16-3-1-14-12-18(36(32,33)34)6-2-13(14)11-16/h1-8,11-12H,9-10,22H2,(H,29,30,31)(H,32,33,34)(H3,23,24,25,26,27,28). The van der Waals surface area contributed by atoms with Crippen molar-refractivity contribution in [3.05, 3.63) is 60.7 Å². The molecule has 0 amide bonds. The molecule has 4 rings (SSSR count). The second-order valence-corrected chi connectivity index (χ2v) is 10.3. The molecule has 0 unspecified atom stereocenters. The summed E-state index contributed by atoms with van der Waals surface area (Å²) in [6.45, 7) is 0.739. The number of benzene rings is 3. The van der Waals surface area contributed by atoms with Crippen LogP contribution in [0.15, 0.2) is 70.5 Å². The SMILES string of the molecule is NCCNc1nc(Nc2ccc(S(=O)(=O)O)cc2)nc(Nc2ccc3cc(S(=O)(=O)O)ccc3c2)n1. The molecule has 4 aromatic rings. The average molecular weight is 532 g/mol. The van der Waals surface area contributed by atoms with Gasteiger partial charge < -0.3 is 21.7 Å². The molecule has 15 heteroatoms. The smallest absolute Gasteiger partial charge is 0.294 e. The molecule has 0 atom stereocenters. The third-order valence-electron chi connectivity index (χ3n) is 4.84. The highest BCUT2D eigenvalue weighted by molar-refractivity contribution is 7.86. The lowest BCUT2D eigenvalue weighted by atomic mass is 10.1. The molecule has 13 nitrogen and oxygen atoms in total. The van der Waals surface area contributed by atoms with Gasteiger partial charge in [-0.3, -0.25) is 9.11 Å². The maximum atomic E-state index is 11.4. The summed E-state index contributed by atoms with van der Waals surface area (Å²) in [5.74, 6) is 0.550. The van der Waals surface area contributed by atoms with Gasteiger partial charge in [-0.25, -0.2) is 0 Å². The molecule has 0 fully saturated rings. The van der Waals surface area contributed by atoms with Crippen molar-refractivity contribution < 1.29 is 25.9 Å². The van der Waals surface area contributed by atoms with E-state index >= 15 is 0 Å². The molecule has 1 aromatic heterocycles. The summed E-state index contributed by atoms with van der Waals surface area (Å²) in [4.78, 5) is 12.5. The van der Waals surface area contributed by atoms with E-state index in [0.717, 1.165) is 0 Å². The Bertz CT molecular complexity index is 1630. The van der Waals surface area contributed by atoms with Crippen LogP contribution in [0.25, 0.3) is 10.8 Å². The molecule has 188 valence electrons. The largest absolute Gasteiger partial charge is 0.353 e. The Morgan fingerprint density at radius 2 is 1.17 bits per heavy atom. The molecule has 36 heavy (non-hydrogen) atoms. The number of nitrogens with two attached hydrogens (primary N) is 1. The highest BCUT2D eigenvalue weighted by atomic mass is 32.2. The molecular formula is C21H21N7O6S2.